The zero-order chi connectivity index (χ0) is 18.9. The highest BCUT2D eigenvalue weighted by Crippen LogP contribution is 2.30. The quantitative estimate of drug-likeness (QED) is 0.555. The number of aliphatic imine (C=N–C) groups is 1. The van der Waals surface area contributed by atoms with Crippen LogP contribution < -0.4 is 20.1 Å². The molecule has 1 aromatic heterocycles. The lowest BCUT2D eigenvalue weighted by atomic mass is 10.1. The molecule has 0 fully saturated rings. The van der Waals surface area contributed by atoms with E-state index in [0.717, 1.165) is 41.4 Å². The van der Waals surface area contributed by atoms with E-state index in [1.54, 1.807) is 7.11 Å². The Morgan fingerprint density at radius 3 is 2.65 bits per heavy atom. The summed E-state index contributed by atoms with van der Waals surface area (Å²) >= 11 is 0. The van der Waals surface area contributed by atoms with Gasteiger partial charge in [0, 0.05) is 30.4 Å². The van der Waals surface area contributed by atoms with Crippen molar-refractivity contribution in [2.75, 3.05) is 32.1 Å². The van der Waals surface area contributed by atoms with Crippen molar-refractivity contribution < 1.29 is 14.0 Å². The zero-order valence-electron chi connectivity index (χ0n) is 16.2. The molecular weight excluding hydrogens is 332 g/mol. The summed E-state index contributed by atoms with van der Waals surface area (Å²) in [6, 6.07) is 5.72. The van der Waals surface area contributed by atoms with Crippen LogP contribution >= 0.6 is 0 Å². The topological polar surface area (TPSA) is 80.9 Å². The van der Waals surface area contributed by atoms with Crippen LogP contribution in [-0.4, -0.2) is 37.9 Å². The SMILES string of the molecule is CCNC(=NCCc1c(C)noc1C)Nc1ccc(OCC)c(OC)c1. The highest BCUT2D eigenvalue weighted by Gasteiger charge is 2.09. The Bertz CT molecular complexity index is 721. The van der Waals surface area contributed by atoms with Gasteiger partial charge in [-0.2, -0.15) is 0 Å². The molecular formula is C19H28N4O3. The van der Waals surface area contributed by atoms with Gasteiger partial charge >= 0.3 is 0 Å². The van der Waals surface area contributed by atoms with E-state index in [9.17, 15) is 0 Å². The summed E-state index contributed by atoms with van der Waals surface area (Å²) in [5.74, 6) is 2.97. The van der Waals surface area contributed by atoms with Gasteiger partial charge in [-0.1, -0.05) is 5.16 Å². The first-order valence-electron chi connectivity index (χ1n) is 8.86. The van der Waals surface area contributed by atoms with E-state index in [2.05, 4.69) is 20.8 Å². The largest absolute Gasteiger partial charge is 0.493 e. The van der Waals surface area contributed by atoms with Crippen LogP contribution in [0.15, 0.2) is 27.7 Å². The van der Waals surface area contributed by atoms with Crippen LogP contribution in [0.25, 0.3) is 0 Å². The van der Waals surface area contributed by atoms with Crippen LogP contribution in [0.3, 0.4) is 0 Å². The Balaban J connectivity index is 2.07. The fourth-order valence-corrected chi connectivity index (χ4v) is 2.60. The Hall–Kier alpha value is -2.70. The molecule has 26 heavy (non-hydrogen) atoms. The first-order valence-corrected chi connectivity index (χ1v) is 8.86. The minimum atomic E-state index is 0.592. The van der Waals surface area contributed by atoms with Crippen molar-refractivity contribution in [2.24, 2.45) is 4.99 Å². The first-order chi connectivity index (χ1) is 12.6. The number of benzene rings is 1. The van der Waals surface area contributed by atoms with Crippen molar-refractivity contribution >= 4 is 11.6 Å². The molecule has 0 bridgehead atoms. The van der Waals surface area contributed by atoms with E-state index in [-0.39, 0.29) is 0 Å². The van der Waals surface area contributed by atoms with Gasteiger partial charge in [-0.25, -0.2) is 0 Å². The van der Waals surface area contributed by atoms with Gasteiger partial charge in [-0.05, 0) is 46.2 Å². The third kappa shape index (κ3) is 5.15. The molecule has 0 aliphatic heterocycles. The number of guanidine groups is 1. The molecule has 0 unspecified atom stereocenters. The molecule has 0 atom stereocenters. The Morgan fingerprint density at radius 2 is 2.04 bits per heavy atom. The Kier molecular flexibility index (Phi) is 7.32. The molecule has 2 aromatic rings. The fraction of sp³-hybridized carbons (Fsp3) is 0.474. The van der Waals surface area contributed by atoms with Crippen molar-refractivity contribution in [1.82, 2.24) is 10.5 Å². The third-order valence-electron chi connectivity index (χ3n) is 3.88. The normalized spacial score (nSPS) is 11.3. The second-order valence-electron chi connectivity index (χ2n) is 5.74. The second-order valence-corrected chi connectivity index (χ2v) is 5.74. The van der Waals surface area contributed by atoms with Crippen molar-refractivity contribution in [3.8, 4) is 11.5 Å². The number of nitrogens with one attached hydrogen (secondary N) is 2. The monoisotopic (exact) mass is 360 g/mol. The Labute approximate surface area is 154 Å². The van der Waals surface area contributed by atoms with Gasteiger partial charge < -0.3 is 24.6 Å². The molecule has 0 amide bonds. The summed E-state index contributed by atoms with van der Waals surface area (Å²) in [5.41, 5.74) is 2.92. The number of aromatic nitrogens is 1. The maximum absolute atomic E-state index is 5.55. The summed E-state index contributed by atoms with van der Waals surface area (Å²) in [6.07, 6.45) is 0.782. The van der Waals surface area contributed by atoms with Crippen LogP contribution in [0.5, 0.6) is 11.5 Å². The summed E-state index contributed by atoms with van der Waals surface area (Å²) in [7, 11) is 1.63. The van der Waals surface area contributed by atoms with E-state index < -0.39 is 0 Å². The van der Waals surface area contributed by atoms with Crippen molar-refractivity contribution in [1.29, 1.82) is 0 Å². The van der Waals surface area contributed by atoms with Crippen LogP contribution in [-0.2, 0) is 6.42 Å². The average Bonchev–Trinajstić information content (AvgIpc) is 2.95. The van der Waals surface area contributed by atoms with Crippen molar-refractivity contribution in [3.05, 3.63) is 35.2 Å². The number of hydrogen-bond acceptors (Lipinski definition) is 5. The summed E-state index contributed by atoms with van der Waals surface area (Å²) in [4.78, 5) is 4.63. The predicted molar refractivity (Wildman–Crippen MR) is 103 cm³/mol. The highest BCUT2D eigenvalue weighted by atomic mass is 16.5. The lowest BCUT2D eigenvalue weighted by molar-refractivity contribution is 0.311. The molecule has 7 heteroatoms. The van der Waals surface area contributed by atoms with Crippen LogP contribution in [0.4, 0.5) is 5.69 Å². The second kappa shape index (κ2) is 9.70. The maximum Gasteiger partial charge on any atom is 0.195 e. The van der Waals surface area contributed by atoms with E-state index in [0.29, 0.717) is 24.9 Å². The van der Waals surface area contributed by atoms with Gasteiger partial charge in [0.1, 0.15) is 5.76 Å². The number of ether oxygens (including phenoxy) is 2. The summed E-state index contributed by atoms with van der Waals surface area (Å²) in [6.45, 7) is 9.84. The predicted octanol–water partition coefficient (Wildman–Crippen LogP) is 3.32. The lowest BCUT2D eigenvalue weighted by Crippen LogP contribution is -2.31. The van der Waals surface area contributed by atoms with Gasteiger partial charge in [0.2, 0.25) is 0 Å². The zero-order valence-corrected chi connectivity index (χ0v) is 16.2. The number of rotatable bonds is 8. The molecule has 142 valence electrons. The number of hydrogen-bond donors (Lipinski definition) is 2. The van der Waals surface area contributed by atoms with Gasteiger partial charge in [0.15, 0.2) is 17.5 Å². The molecule has 1 aromatic carbocycles. The molecule has 1 heterocycles. The summed E-state index contributed by atoms with van der Waals surface area (Å²) < 4.78 is 16.1. The van der Waals surface area contributed by atoms with E-state index in [4.69, 9.17) is 14.0 Å². The minimum absolute atomic E-state index is 0.592. The van der Waals surface area contributed by atoms with Crippen LogP contribution in [0.1, 0.15) is 30.9 Å². The molecule has 2 N–H and O–H groups in total. The molecule has 0 radical (unpaired) electrons. The maximum atomic E-state index is 5.55. The molecule has 0 aliphatic carbocycles. The van der Waals surface area contributed by atoms with E-state index in [1.807, 2.05) is 45.9 Å². The van der Waals surface area contributed by atoms with Gasteiger partial charge in [-0.3, -0.25) is 4.99 Å². The number of nitrogens with zero attached hydrogens (tertiary/aromatic N) is 2. The number of anilines is 1. The average molecular weight is 360 g/mol. The number of aryl methyl sites for hydroxylation is 2. The molecule has 0 spiro atoms. The molecule has 7 nitrogen and oxygen atoms in total. The van der Waals surface area contributed by atoms with Crippen LogP contribution in [0.2, 0.25) is 0 Å². The summed E-state index contributed by atoms with van der Waals surface area (Å²) in [5, 5.41) is 10.5. The fourth-order valence-electron chi connectivity index (χ4n) is 2.60. The lowest BCUT2D eigenvalue weighted by Gasteiger charge is -2.14. The molecule has 0 saturated carbocycles. The molecule has 0 aliphatic rings. The van der Waals surface area contributed by atoms with E-state index in [1.165, 1.54) is 0 Å². The standard InChI is InChI=1S/C19H28N4O3/c1-6-20-19(21-11-10-16-13(3)23-26-14(16)4)22-15-8-9-17(25-7-2)18(12-15)24-5/h8-9,12H,6-7,10-11H2,1-5H3,(H2,20,21,22). The smallest absolute Gasteiger partial charge is 0.195 e. The van der Waals surface area contributed by atoms with Crippen molar-refractivity contribution in [2.45, 2.75) is 34.1 Å². The molecule has 0 saturated heterocycles. The number of methoxy groups -OCH3 is 1. The van der Waals surface area contributed by atoms with Gasteiger partial charge in [0.25, 0.3) is 0 Å². The van der Waals surface area contributed by atoms with Crippen molar-refractivity contribution in [3.63, 3.8) is 0 Å². The van der Waals surface area contributed by atoms with Gasteiger partial charge in [-0.15, -0.1) is 0 Å². The Morgan fingerprint density at radius 1 is 1.23 bits per heavy atom. The van der Waals surface area contributed by atoms with Crippen LogP contribution in [0, 0.1) is 13.8 Å². The first kappa shape index (κ1) is 19.6. The highest BCUT2D eigenvalue weighted by molar-refractivity contribution is 5.93. The third-order valence-corrected chi connectivity index (χ3v) is 3.88. The van der Waals surface area contributed by atoms with Gasteiger partial charge in [0.05, 0.1) is 19.4 Å². The molecule has 2 rings (SSSR count). The van der Waals surface area contributed by atoms with E-state index >= 15 is 0 Å². The minimum Gasteiger partial charge on any atom is -0.493 e.